The lowest BCUT2D eigenvalue weighted by Crippen LogP contribution is -2.24. The Morgan fingerprint density at radius 2 is 1.89 bits per heavy atom. The second kappa shape index (κ2) is 8.27. The molecule has 0 N–H and O–H groups in total. The van der Waals surface area contributed by atoms with Crippen molar-refractivity contribution in [1.82, 2.24) is 9.55 Å². The molecule has 6 heteroatoms. The Labute approximate surface area is 168 Å². The Balaban J connectivity index is 1.71. The number of aryl methyl sites for hydroxylation is 1. The molecule has 2 aromatic carbocycles. The van der Waals surface area contributed by atoms with Gasteiger partial charge < -0.3 is 9.47 Å². The Morgan fingerprint density at radius 1 is 1.14 bits per heavy atom. The summed E-state index contributed by atoms with van der Waals surface area (Å²) in [4.78, 5) is 18.1. The summed E-state index contributed by atoms with van der Waals surface area (Å²) in [5, 5.41) is 1.35. The van der Waals surface area contributed by atoms with E-state index in [1.54, 1.807) is 17.8 Å². The fourth-order valence-electron chi connectivity index (χ4n) is 3.17. The van der Waals surface area contributed by atoms with E-state index in [1.165, 1.54) is 5.56 Å². The molecule has 3 aromatic rings. The molecule has 0 unspecified atom stereocenters. The van der Waals surface area contributed by atoms with Gasteiger partial charge in [0, 0.05) is 18.4 Å². The summed E-state index contributed by atoms with van der Waals surface area (Å²) in [5.41, 5.74) is 1.85. The van der Waals surface area contributed by atoms with Crippen LogP contribution < -0.4 is 15.0 Å². The van der Waals surface area contributed by atoms with Crippen molar-refractivity contribution >= 4 is 22.7 Å². The molecule has 146 valence electrons. The van der Waals surface area contributed by atoms with E-state index in [-0.39, 0.29) is 12.4 Å². The maximum Gasteiger partial charge on any atom is 0.262 e. The molecular formula is C22H24N2O3S. The predicted molar refractivity (Wildman–Crippen MR) is 112 cm³/mol. The van der Waals surface area contributed by atoms with Gasteiger partial charge in [0.05, 0.1) is 10.9 Å². The lowest BCUT2D eigenvalue weighted by atomic mass is 10.1. The van der Waals surface area contributed by atoms with E-state index in [2.05, 4.69) is 26.0 Å². The monoisotopic (exact) mass is 396 g/mol. The molecule has 2 heterocycles. The van der Waals surface area contributed by atoms with Crippen molar-refractivity contribution in [1.29, 1.82) is 0 Å². The first-order chi connectivity index (χ1) is 13.6. The molecule has 28 heavy (non-hydrogen) atoms. The van der Waals surface area contributed by atoms with E-state index in [0.717, 1.165) is 23.8 Å². The zero-order chi connectivity index (χ0) is 19.5. The van der Waals surface area contributed by atoms with E-state index in [1.807, 2.05) is 28.8 Å². The highest BCUT2D eigenvalue weighted by molar-refractivity contribution is 7.99. The number of thioether (sulfide) groups is 1. The lowest BCUT2D eigenvalue weighted by Gasteiger charge is -2.14. The lowest BCUT2D eigenvalue weighted by molar-refractivity contribution is 0.174. The minimum atomic E-state index is -0.0220. The number of fused-ring (bicyclic) bond motifs is 2. The van der Waals surface area contributed by atoms with Crippen LogP contribution in [0.1, 0.15) is 25.8 Å². The van der Waals surface area contributed by atoms with Crippen LogP contribution in [0.25, 0.3) is 10.9 Å². The Bertz CT molecular complexity index is 1030. The summed E-state index contributed by atoms with van der Waals surface area (Å²) in [5.74, 6) is 2.82. The van der Waals surface area contributed by atoms with Gasteiger partial charge in [0.1, 0.15) is 0 Å². The Hall–Kier alpha value is -2.47. The number of aromatic nitrogens is 2. The van der Waals surface area contributed by atoms with Crippen molar-refractivity contribution in [2.75, 3.05) is 12.5 Å². The molecule has 0 saturated carbocycles. The molecule has 1 aliphatic rings. The normalized spacial score (nSPS) is 12.8. The van der Waals surface area contributed by atoms with E-state index in [4.69, 9.17) is 14.5 Å². The molecule has 5 nitrogen and oxygen atoms in total. The van der Waals surface area contributed by atoms with Crippen molar-refractivity contribution in [2.24, 2.45) is 5.92 Å². The summed E-state index contributed by atoms with van der Waals surface area (Å²) >= 11 is 1.65. The van der Waals surface area contributed by atoms with Gasteiger partial charge in [-0.3, -0.25) is 9.36 Å². The second-order valence-electron chi connectivity index (χ2n) is 7.34. The third-order valence-electron chi connectivity index (χ3n) is 4.81. The zero-order valence-electron chi connectivity index (χ0n) is 16.2. The average Bonchev–Trinajstić information content (AvgIpc) is 3.14. The second-order valence-corrected chi connectivity index (χ2v) is 8.40. The summed E-state index contributed by atoms with van der Waals surface area (Å²) in [6, 6.07) is 13.8. The fourth-order valence-corrected chi connectivity index (χ4v) is 4.43. The number of benzene rings is 2. The van der Waals surface area contributed by atoms with Gasteiger partial charge in [0.2, 0.25) is 6.79 Å². The van der Waals surface area contributed by atoms with E-state index in [0.29, 0.717) is 34.9 Å². The van der Waals surface area contributed by atoms with Gasteiger partial charge in [-0.25, -0.2) is 4.98 Å². The first kappa shape index (κ1) is 18.9. The number of rotatable bonds is 7. The first-order valence-electron chi connectivity index (χ1n) is 9.63. The SMILES string of the molecule is CC(C)CCSc1nc2cc3c(cc2c(=O)n1CCc1ccccc1)OCO3. The van der Waals surface area contributed by atoms with E-state index < -0.39 is 0 Å². The maximum atomic E-state index is 13.3. The molecule has 0 radical (unpaired) electrons. The maximum absolute atomic E-state index is 13.3. The van der Waals surface area contributed by atoms with Crippen LogP contribution >= 0.6 is 11.8 Å². The average molecular weight is 397 g/mol. The van der Waals surface area contributed by atoms with Crippen molar-refractivity contribution in [3.63, 3.8) is 0 Å². The standard InChI is InChI=1S/C22H24N2O3S/c1-15(2)9-11-28-22-23-18-13-20-19(26-14-27-20)12-17(18)21(25)24(22)10-8-16-6-4-3-5-7-16/h3-7,12-13,15H,8-11,14H2,1-2H3. The van der Waals surface area contributed by atoms with Crippen LogP contribution in [0.15, 0.2) is 52.4 Å². The van der Waals surface area contributed by atoms with Gasteiger partial charge in [-0.05, 0) is 30.4 Å². The fraction of sp³-hybridized carbons (Fsp3) is 0.364. The van der Waals surface area contributed by atoms with Crippen LogP contribution in [0.4, 0.5) is 0 Å². The molecule has 0 bridgehead atoms. The highest BCUT2D eigenvalue weighted by Crippen LogP contribution is 2.35. The van der Waals surface area contributed by atoms with Crippen molar-refractivity contribution < 1.29 is 9.47 Å². The molecule has 0 amide bonds. The highest BCUT2D eigenvalue weighted by atomic mass is 32.2. The molecule has 1 aliphatic heterocycles. The summed E-state index contributed by atoms with van der Waals surface area (Å²) in [7, 11) is 0. The first-order valence-corrected chi connectivity index (χ1v) is 10.6. The number of hydrogen-bond donors (Lipinski definition) is 0. The minimum absolute atomic E-state index is 0.0220. The molecule has 0 spiro atoms. The molecule has 1 aromatic heterocycles. The molecule has 0 atom stereocenters. The van der Waals surface area contributed by atoms with Gasteiger partial charge in [0.25, 0.3) is 5.56 Å². The summed E-state index contributed by atoms with van der Waals surface area (Å²) in [6.45, 7) is 5.20. The Kier molecular flexibility index (Phi) is 5.57. The minimum Gasteiger partial charge on any atom is -0.454 e. The zero-order valence-corrected chi connectivity index (χ0v) is 17.0. The third kappa shape index (κ3) is 4.02. The number of nitrogens with zero attached hydrogens (tertiary/aromatic N) is 2. The van der Waals surface area contributed by atoms with Crippen molar-refractivity contribution in [3.05, 3.63) is 58.4 Å². The van der Waals surface area contributed by atoms with Crippen LogP contribution in [-0.2, 0) is 13.0 Å². The van der Waals surface area contributed by atoms with Crippen LogP contribution in [0.5, 0.6) is 11.5 Å². The molecule has 0 aliphatic carbocycles. The molecule has 4 rings (SSSR count). The number of hydrogen-bond acceptors (Lipinski definition) is 5. The van der Waals surface area contributed by atoms with Crippen LogP contribution in [0.2, 0.25) is 0 Å². The molecule has 0 fully saturated rings. The van der Waals surface area contributed by atoms with E-state index >= 15 is 0 Å². The van der Waals surface area contributed by atoms with Crippen molar-refractivity contribution in [2.45, 2.75) is 38.4 Å². The molecular weight excluding hydrogens is 372 g/mol. The van der Waals surface area contributed by atoms with Crippen LogP contribution in [-0.4, -0.2) is 22.1 Å². The van der Waals surface area contributed by atoms with Crippen LogP contribution in [0.3, 0.4) is 0 Å². The van der Waals surface area contributed by atoms with Gasteiger partial charge in [-0.15, -0.1) is 0 Å². The van der Waals surface area contributed by atoms with Crippen molar-refractivity contribution in [3.8, 4) is 11.5 Å². The van der Waals surface area contributed by atoms with Crippen LogP contribution in [0, 0.1) is 5.92 Å². The van der Waals surface area contributed by atoms with Gasteiger partial charge >= 0.3 is 0 Å². The predicted octanol–water partition coefficient (Wildman–Crippen LogP) is 4.51. The van der Waals surface area contributed by atoms with Gasteiger partial charge in [0.15, 0.2) is 16.7 Å². The number of ether oxygens (including phenoxy) is 2. The largest absolute Gasteiger partial charge is 0.454 e. The Morgan fingerprint density at radius 3 is 2.64 bits per heavy atom. The summed E-state index contributed by atoms with van der Waals surface area (Å²) in [6.07, 6.45) is 1.87. The topological polar surface area (TPSA) is 53.4 Å². The smallest absolute Gasteiger partial charge is 0.262 e. The highest BCUT2D eigenvalue weighted by Gasteiger charge is 2.19. The van der Waals surface area contributed by atoms with Gasteiger partial charge in [-0.2, -0.15) is 0 Å². The van der Waals surface area contributed by atoms with E-state index in [9.17, 15) is 4.79 Å². The molecule has 0 saturated heterocycles. The van der Waals surface area contributed by atoms with Gasteiger partial charge in [-0.1, -0.05) is 55.9 Å². The third-order valence-corrected chi connectivity index (χ3v) is 5.82. The quantitative estimate of drug-likeness (QED) is 0.435. The summed E-state index contributed by atoms with van der Waals surface area (Å²) < 4.78 is 12.7.